The monoisotopic (exact) mass is 371 g/mol. The van der Waals surface area contributed by atoms with E-state index in [0.29, 0.717) is 17.2 Å². The van der Waals surface area contributed by atoms with Gasteiger partial charge in [-0.15, -0.1) is 0 Å². The Labute approximate surface area is 151 Å². The van der Waals surface area contributed by atoms with Crippen LogP contribution in [-0.4, -0.2) is 11.1 Å². The third kappa shape index (κ3) is 3.07. The summed E-state index contributed by atoms with van der Waals surface area (Å²) in [7, 11) is 0. The van der Waals surface area contributed by atoms with Gasteiger partial charge in [0.05, 0.1) is 5.02 Å². The van der Waals surface area contributed by atoms with Gasteiger partial charge < -0.3 is 13.7 Å². The molecule has 130 valence electrons. The van der Waals surface area contributed by atoms with Gasteiger partial charge in [0.1, 0.15) is 29.3 Å². The molecule has 0 atom stereocenters. The number of esters is 1. The van der Waals surface area contributed by atoms with Crippen LogP contribution in [0.1, 0.15) is 16.1 Å². The number of furan rings is 1. The number of benzene rings is 2. The van der Waals surface area contributed by atoms with Crippen molar-refractivity contribution in [2.75, 3.05) is 0 Å². The second kappa shape index (κ2) is 6.65. The first-order valence-corrected chi connectivity index (χ1v) is 8.05. The van der Waals surface area contributed by atoms with Crippen LogP contribution >= 0.6 is 11.6 Å². The SMILES string of the molecule is O=C(OCc1cc(-c2cc3ccccc3o2)on1)c1c(F)cccc1Cl. The molecule has 4 aromatic rings. The van der Waals surface area contributed by atoms with Crippen LogP contribution in [0, 0.1) is 5.82 Å². The number of halogens is 2. The Kier molecular flexibility index (Phi) is 4.18. The lowest BCUT2D eigenvalue weighted by atomic mass is 10.2. The van der Waals surface area contributed by atoms with E-state index in [1.165, 1.54) is 12.1 Å². The van der Waals surface area contributed by atoms with Crippen molar-refractivity contribution in [3.8, 4) is 11.5 Å². The lowest BCUT2D eigenvalue weighted by molar-refractivity contribution is 0.0459. The van der Waals surface area contributed by atoms with Crippen molar-refractivity contribution < 1.29 is 22.9 Å². The van der Waals surface area contributed by atoms with E-state index in [9.17, 15) is 9.18 Å². The molecule has 0 bridgehead atoms. The number of rotatable bonds is 4. The summed E-state index contributed by atoms with van der Waals surface area (Å²) in [6.45, 7) is -0.187. The van der Waals surface area contributed by atoms with Crippen molar-refractivity contribution >= 4 is 28.5 Å². The molecule has 26 heavy (non-hydrogen) atoms. The zero-order chi connectivity index (χ0) is 18.1. The molecule has 0 fully saturated rings. The van der Waals surface area contributed by atoms with Crippen molar-refractivity contribution in [1.82, 2.24) is 5.16 Å². The fraction of sp³-hybridized carbons (Fsp3) is 0.0526. The number of hydrogen-bond donors (Lipinski definition) is 0. The number of ether oxygens (including phenoxy) is 1. The molecule has 5 nitrogen and oxygen atoms in total. The second-order valence-corrected chi connectivity index (χ2v) is 5.91. The number of carbonyl (C=O) groups excluding carboxylic acids is 1. The number of para-hydroxylation sites is 1. The Morgan fingerprint density at radius 3 is 2.77 bits per heavy atom. The quantitative estimate of drug-likeness (QED) is 0.459. The van der Waals surface area contributed by atoms with Crippen molar-refractivity contribution in [2.24, 2.45) is 0 Å². The zero-order valence-electron chi connectivity index (χ0n) is 13.2. The molecule has 0 aliphatic heterocycles. The summed E-state index contributed by atoms with van der Waals surface area (Å²) < 4.78 is 29.7. The molecule has 0 radical (unpaired) electrons. The third-order valence-electron chi connectivity index (χ3n) is 3.75. The van der Waals surface area contributed by atoms with Crippen LogP contribution < -0.4 is 0 Å². The third-order valence-corrected chi connectivity index (χ3v) is 4.06. The molecule has 7 heteroatoms. The van der Waals surface area contributed by atoms with Gasteiger partial charge in [-0.25, -0.2) is 9.18 Å². The largest absolute Gasteiger partial charge is 0.455 e. The number of carbonyl (C=O) groups is 1. The van der Waals surface area contributed by atoms with Gasteiger partial charge in [0.2, 0.25) is 5.76 Å². The Bertz CT molecular complexity index is 1050. The molecule has 0 saturated carbocycles. The normalized spacial score (nSPS) is 11.0. The molecule has 0 unspecified atom stereocenters. The van der Waals surface area contributed by atoms with Crippen LogP contribution in [0.2, 0.25) is 5.02 Å². The van der Waals surface area contributed by atoms with Crippen molar-refractivity contribution in [1.29, 1.82) is 0 Å². The average molecular weight is 372 g/mol. The molecule has 2 aromatic carbocycles. The van der Waals surface area contributed by atoms with Gasteiger partial charge in [-0.1, -0.05) is 41.0 Å². The van der Waals surface area contributed by atoms with Crippen LogP contribution in [0.4, 0.5) is 4.39 Å². The molecule has 0 N–H and O–H groups in total. The molecular weight excluding hydrogens is 361 g/mol. The predicted molar refractivity (Wildman–Crippen MR) is 92.2 cm³/mol. The van der Waals surface area contributed by atoms with Gasteiger partial charge in [-0.05, 0) is 24.3 Å². The average Bonchev–Trinajstić information content (AvgIpc) is 3.26. The molecule has 0 saturated heterocycles. The second-order valence-electron chi connectivity index (χ2n) is 5.50. The Morgan fingerprint density at radius 2 is 1.96 bits per heavy atom. The van der Waals surface area contributed by atoms with Gasteiger partial charge in [0, 0.05) is 11.5 Å². The molecule has 4 rings (SSSR count). The van der Waals surface area contributed by atoms with Gasteiger partial charge >= 0.3 is 5.97 Å². The number of nitrogens with zero attached hydrogens (tertiary/aromatic N) is 1. The molecule has 0 spiro atoms. The van der Waals surface area contributed by atoms with Crippen LogP contribution in [0.3, 0.4) is 0 Å². The summed E-state index contributed by atoms with van der Waals surface area (Å²) in [5, 5.41) is 4.75. The highest BCUT2D eigenvalue weighted by atomic mass is 35.5. The number of hydrogen-bond acceptors (Lipinski definition) is 5. The molecule has 2 heterocycles. The minimum Gasteiger partial charge on any atom is -0.455 e. The molecule has 0 amide bonds. The van der Waals surface area contributed by atoms with E-state index >= 15 is 0 Å². The van der Waals surface area contributed by atoms with E-state index in [2.05, 4.69) is 5.16 Å². The highest BCUT2D eigenvalue weighted by Crippen LogP contribution is 2.28. The first kappa shape index (κ1) is 16.4. The topological polar surface area (TPSA) is 65.5 Å². The summed E-state index contributed by atoms with van der Waals surface area (Å²) in [6.07, 6.45) is 0. The summed E-state index contributed by atoms with van der Waals surface area (Å²) in [4.78, 5) is 12.0. The molecular formula is C19H11ClFNO4. The standard InChI is InChI=1S/C19H11ClFNO4/c20-13-5-3-6-14(21)18(13)19(23)24-10-12-9-17(26-22-12)16-8-11-4-1-2-7-15(11)25-16/h1-9H,10H2. The summed E-state index contributed by atoms with van der Waals surface area (Å²) >= 11 is 5.84. The smallest absolute Gasteiger partial charge is 0.343 e. The van der Waals surface area contributed by atoms with E-state index < -0.39 is 11.8 Å². The zero-order valence-corrected chi connectivity index (χ0v) is 14.0. The number of fused-ring (bicyclic) bond motifs is 1. The summed E-state index contributed by atoms with van der Waals surface area (Å²) in [5.74, 6) is -0.711. The maximum absolute atomic E-state index is 13.7. The predicted octanol–water partition coefficient (Wildman–Crippen LogP) is 5.24. The number of aromatic nitrogens is 1. The van der Waals surface area contributed by atoms with Crippen LogP contribution in [0.15, 0.2) is 63.5 Å². The molecule has 0 aliphatic rings. The van der Waals surface area contributed by atoms with Crippen molar-refractivity contribution in [3.63, 3.8) is 0 Å². The lowest BCUT2D eigenvalue weighted by Gasteiger charge is -2.05. The van der Waals surface area contributed by atoms with E-state index in [1.54, 1.807) is 6.07 Å². The fourth-order valence-electron chi connectivity index (χ4n) is 2.50. The van der Waals surface area contributed by atoms with Gasteiger partial charge in [-0.2, -0.15) is 0 Å². The van der Waals surface area contributed by atoms with Gasteiger partial charge in [-0.3, -0.25) is 0 Å². The first-order valence-electron chi connectivity index (χ1n) is 7.67. The molecule has 2 aromatic heterocycles. The van der Waals surface area contributed by atoms with Crippen molar-refractivity contribution in [2.45, 2.75) is 6.61 Å². The minimum absolute atomic E-state index is 0.0156. The first-order chi connectivity index (χ1) is 12.6. The maximum Gasteiger partial charge on any atom is 0.343 e. The van der Waals surface area contributed by atoms with Crippen LogP contribution in [0.5, 0.6) is 0 Å². The highest BCUT2D eigenvalue weighted by molar-refractivity contribution is 6.33. The van der Waals surface area contributed by atoms with E-state index in [4.69, 9.17) is 25.3 Å². The van der Waals surface area contributed by atoms with Crippen LogP contribution in [0.25, 0.3) is 22.5 Å². The lowest BCUT2D eigenvalue weighted by Crippen LogP contribution is -2.08. The van der Waals surface area contributed by atoms with E-state index in [1.807, 2.05) is 30.3 Å². The summed E-state index contributed by atoms with van der Waals surface area (Å²) in [6, 6.07) is 14.9. The minimum atomic E-state index is -0.874. The van der Waals surface area contributed by atoms with E-state index in [0.717, 1.165) is 17.0 Å². The van der Waals surface area contributed by atoms with E-state index in [-0.39, 0.29) is 17.2 Å². The Hall–Kier alpha value is -3.12. The van der Waals surface area contributed by atoms with Gasteiger partial charge in [0.15, 0.2) is 5.76 Å². The summed E-state index contributed by atoms with van der Waals surface area (Å²) in [5.41, 5.74) is 0.775. The van der Waals surface area contributed by atoms with Crippen LogP contribution in [-0.2, 0) is 11.3 Å². The van der Waals surface area contributed by atoms with Gasteiger partial charge in [0.25, 0.3) is 0 Å². The Balaban J connectivity index is 1.49. The fourth-order valence-corrected chi connectivity index (χ4v) is 2.74. The Morgan fingerprint density at radius 1 is 1.12 bits per heavy atom. The molecule has 0 aliphatic carbocycles. The maximum atomic E-state index is 13.7. The highest BCUT2D eigenvalue weighted by Gasteiger charge is 2.18. The van der Waals surface area contributed by atoms with Crippen molar-refractivity contribution in [3.05, 3.63) is 76.7 Å².